The molecule has 0 spiro atoms. The van der Waals surface area contributed by atoms with Crippen molar-refractivity contribution < 1.29 is 9.47 Å². The molecule has 1 aromatic rings. The van der Waals surface area contributed by atoms with Gasteiger partial charge in [0, 0.05) is 17.0 Å². The van der Waals surface area contributed by atoms with Crippen molar-refractivity contribution in [3.05, 3.63) is 35.4 Å². The summed E-state index contributed by atoms with van der Waals surface area (Å²) in [6.07, 6.45) is 7.74. The normalized spacial score (nSPS) is 29.6. The molecule has 18 heavy (non-hydrogen) atoms. The molecule has 1 saturated heterocycles. The predicted octanol–water partition coefficient (Wildman–Crippen LogP) is 3.13. The van der Waals surface area contributed by atoms with Crippen LogP contribution in [0.2, 0.25) is 0 Å². The molecule has 2 heteroatoms. The van der Waals surface area contributed by atoms with E-state index in [1.54, 1.807) is 0 Å². The van der Waals surface area contributed by atoms with Crippen LogP contribution in [-0.2, 0) is 9.47 Å². The van der Waals surface area contributed by atoms with Gasteiger partial charge in [0.25, 0.3) is 0 Å². The van der Waals surface area contributed by atoms with Crippen LogP contribution in [0.1, 0.15) is 37.2 Å². The van der Waals surface area contributed by atoms with Gasteiger partial charge in [-0.25, -0.2) is 0 Å². The number of terminal acetylenes is 1. The number of hydrogen-bond donors (Lipinski definition) is 0. The Bertz CT molecular complexity index is 457. The Hall–Kier alpha value is -1.30. The molecule has 0 amide bonds. The molecule has 0 radical (unpaired) electrons. The maximum atomic E-state index is 5.84. The third-order valence-corrected chi connectivity index (χ3v) is 4.27. The lowest BCUT2D eigenvalue weighted by Gasteiger charge is -2.33. The van der Waals surface area contributed by atoms with E-state index in [0.717, 1.165) is 24.3 Å². The quantitative estimate of drug-likeness (QED) is 0.742. The van der Waals surface area contributed by atoms with Gasteiger partial charge in [0.05, 0.1) is 13.2 Å². The van der Waals surface area contributed by atoms with E-state index < -0.39 is 0 Å². The SMILES string of the molecule is C#Cc1ccc(C2OCC(C3(C)CC3)CO2)cc1. The van der Waals surface area contributed by atoms with Crippen LogP contribution in [0.15, 0.2) is 24.3 Å². The number of ether oxygens (including phenoxy) is 2. The van der Waals surface area contributed by atoms with Gasteiger partial charge in [-0.3, -0.25) is 0 Å². The van der Waals surface area contributed by atoms with E-state index in [1.165, 1.54) is 12.8 Å². The second kappa shape index (κ2) is 4.42. The lowest BCUT2D eigenvalue weighted by Crippen LogP contribution is -2.32. The van der Waals surface area contributed by atoms with Crippen LogP contribution in [0.25, 0.3) is 0 Å². The fourth-order valence-electron chi connectivity index (χ4n) is 2.44. The van der Waals surface area contributed by atoms with Crippen molar-refractivity contribution in [2.45, 2.75) is 26.1 Å². The third-order valence-electron chi connectivity index (χ3n) is 4.27. The molecule has 0 bridgehead atoms. The van der Waals surface area contributed by atoms with Crippen LogP contribution in [-0.4, -0.2) is 13.2 Å². The minimum atomic E-state index is -0.226. The standard InChI is InChI=1S/C16H18O2/c1-3-12-4-6-13(7-5-12)15-17-10-14(11-18-15)16(2)8-9-16/h1,4-7,14-15H,8-11H2,2H3. The predicted molar refractivity (Wildman–Crippen MR) is 69.9 cm³/mol. The van der Waals surface area contributed by atoms with Gasteiger partial charge in [-0.05, 0) is 30.4 Å². The minimum Gasteiger partial charge on any atom is -0.348 e. The van der Waals surface area contributed by atoms with Gasteiger partial charge in [-0.2, -0.15) is 0 Å². The van der Waals surface area contributed by atoms with E-state index in [9.17, 15) is 0 Å². The van der Waals surface area contributed by atoms with Crippen molar-refractivity contribution in [3.8, 4) is 12.3 Å². The molecule has 3 rings (SSSR count). The molecule has 94 valence electrons. The summed E-state index contributed by atoms with van der Waals surface area (Å²) in [7, 11) is 0. The van der Waals surface area contributed by atoms with Gasteiger partial charge in [0.2, 0.25) is 0 Å². The van der Waals surface area contributed by atoms with Crippen LogP contribution < -0.4 is 0 Å². The number of hydrogen-bond acceptors (Lipinski definition) is 2. The fraction of sp³-hybridized carbons (Fsp3) is 0.500. The highest BCUT2D eigenvalue weighted by Crippen LogP contribution is 2.53. The summed E-state index contributed by atoms with van der Waals surface area (Å²) in [5.74, 6) is 3.17. The summed E-state index contributed by atoms with van der Waals surface area (Å²) in [6.45, 7) is 3.93. The van der Waals surface area contributed by atoms with Crippen LogP contribution in [0.3, 0.4) is 0 Å². The zero-order valence-electron chi connectivity index (χ0n) is 10.7. The number of benzene rings is 1. The van der Waals surface area contributed by atoms with E-state index in [2.05, 4.69) is 12.8 Å². The van der Waals surface area contributed by atoms with E-state index in [1.807, 2.05) is 24.3 Å². The summed E-state index contributed by atoms with van der Waals surface area (Å²) in [5.41, 5.74) is 2.41. The molecule has 2 fully saturated rings. The maximum Gasteiger partial charge on any atom is 0.183 e. The zero-order chi connectivity index (χ0) is 12.6. The topological polar surface area (TPSA) is 18.5 Å². The van der Waals surface area contributed by atoms with E-state index in [4.69, 9.17) is 15.9 Å². The summed E-state index contributed by atoms with van der Waals surface area (Å²) < 4.78 is 11.7. The average molecular weight is 242 g/mol. The molecule has 0 atom stereocenters. The molecule has 0 N–H and O–H groups in total. The Labute approximate surface area is 108 Å². The molecule has 0 unspecified atom stereocenters. The molecular formula is C16H18O2. The van der Waals surface area contributed by atoms with Crippen LogP contribution in [0, 0.1) is 23.7 Å². The lowest BCUT2D eigenvalue weighted by molar-refractivity contribution is -0.214. The summed E-state index contributed by atoms with van der Waals surface area (Å²) in [6, 6.07) is 7.82. The molecule has 2 aliphatic rings. The highest BCUT2D eigenvalue weighted by Gasteiger charge is 2.46. The second-order valence-corrected chi connectivity index (χ2v) is 5.62. The van der Waals surface area contributed by atoms with Gasteiger partial charge in [0.1, 0.15) is 0 Å². The molecule has 1 saturated carbocycles. The molecule has 2 nitrogen and oxygen atoms in total. The van der Waals surface area contributed by atoms with Crippen molar-refractivity contribution in [2.75, 3.05) is 13.2 Å². The van der Waals surface area contributed by atoms with Gasteiger partial charge in [-0.15, -0.1) is 6.42 Å². The molecule has 1 aliphatic heterocycles. The van der Waals surface area contributed by atoms with Gasteiger partial charge < -0.3 is 9.47 Å². The van der Waals surface area contributed by atoms with Gasteiger partial charge >= 0.3 is 0 Å². The minimum absolute atomic E-state index is 0.226. The third kappa shape index (κ3) is 2.16. The van der Waals surface area contributed by atoms with Crippen molar-refractivity contribution in [3.63, 3.8) is 0 Å². The lowest BCUT2D eigenvalue weighted by atomic mass is 9.92. The first kappa shape index (κ1) is 11.8. The van der Waals surface area contributed by atoms with Crippen LogP contribution in [0.4, 0.5) is 0 Å². The summed E-state index contributed by atoms with van der Waals surface area (Å²) in [5, 5.41) is 0. The first-order chi connectivity index (χ1) is 8.71. The Kier molecular flexibility index (Phi) is 2.89. The summed E-state index contributed by atoms with van der Waals surface area (Å²) in [4.78, 5) is 0. The second-order valence-electron chi connectivity index (χ2n) is 5.62. The van der Waals surface area contributed by atoms with Crippen molar-refractivity contribution in [2.24, 2.45) is 11.3 Å². The van der Waals surface area contributed by atoms with E-state index in [-0.39, 0.29) is 6.29 Å². The largest absolute Gasteiger partial charge is 0.348 e. The molecule has 1 heterocycles. The molecule has 1 aliphatic carbocycles. The van der Waals surface area contributed by atoms with Crippen LogP contribution in [0.5, 0.6) is 0 Å². The zero-order valence-corrected chi connectivity index (χ0v) is 10.7. The Morgan fingerprint density at radius 2 is 1.78 bits per heavy atom. The van der Waals surface area contributed by atoms with Gasteiger partial charge in [-0.1, -0.05) is 25.0 Å². The average Bonchev–Trinajstić information content (AvgIpc) is 3.18. The Morgan fingerprint density at radius 1 is 1.17 bits per heavy atom. The molecule has 1 aromatic carbocycles. The van der Waals surface area contributed by atoms with Gasteiger partial charge in [0.15, 0.2) is 6.29 Å². The number of rotatable bonds is 2. The first-order valence-electron chi connectivity index (χ1n) is 6.51. The van der Waals surface area contributed by atoms with Crippen molar-refractivity contribution in [1.29, 1.82) is 0 Å². The monoisotopic (exact) mass is 242 g/mol. The molecular weight excluding hydrogens is 224 g/mol. The summed E-state index contributed by atoms with van der Waals surface area (Å²) >= 11 is 0. The van der Waals surface area contributed by atoms with Crippen molar-refractivity contribution >= 4 is 0 Å². The Morgan fingerprint density at radius 3 is 2.28 bits per heavy atom. The highest BCUT2D eigenvalue weighted by atomic mass is 16.7. The fourth-order valence-corrected chi connectivity index (χ4v) is 2.44. The Balaban J connectivity index is 1.63. The first-order valence-corrected chi connectivity index (χ1v) is 6.51. The maximum absolute atomic E-state index is 5.84. The van der Waals surface area contributed by atoms with Crippen molar-refractivity contribution in [1.82, 2.24) is 0 Å². The van der Waals surface area contributed by atoms with E-state index in [0.29, 0.717) is 11.3 Å². The van der Waals surface area contributed by atoms with E-state index >= 15 is 0 Å². The highest BCUT2D eigenvalue weighted by molar-refractivity contribution is 5.34. The smallest absolute Gasteiger partial charge is 0.183 e. The molecule has 0 aromatic heterocycles. The van der Waals surface area contributed by atoms with Crippen LogP contribution >= 0.6 is 0 Å².